The maximum atomic E-state index is 13.6. The number of piperidine rings is 1. The van der Waals surface area contributed by atoms with E-state index < -0.39 is 11.4 Å². The number of fused-ring (bicyclic) bond motifs is 1. The molecule has 8 heteroatoms. The zero-order valence-corrected chi connectivity index (χ0v) is 19.8. The monoisotopic (exact) mass is 466 g/mol. The summed E-state index contributed by atoms with van der Waals surface area (Å²) in [5.74, 6) is -0.838. The molecule has 34 heavy (non-hydrogen) atoms. The summed E-state index contributed by atoms with van der Waals surface area (Å²) >= 11 is 0. The molecule has 2 aromatic carbocycles. The molecule has 180 valence electrons. The second-order valence-electron chi connectivity index (χ2n) is 9.45. The van der Waals surface area contributed by atoms with Crippen LogP contribution < -0.4 is 10.6 Å². The van der Waals surface area contributed by atoms with Crippen LogP contribution >= 0.6 is 0 Å². The highest BCUT2D eigenvalue weighted by Crippen LogP contribution is 2.47. The zero-order valence-electron chi connectivity index (χ0n) is 19.8. The van der Waals surface area contributed by atoms with Gasteiger partial charge < -0.3 is 15.5 Å². The van der Waals surface area contributed by atoms with Gasteiger partial charge in [-0.1, -0.05) is 36.4 Å². The lowest BCUT2D eigenvalue weighted by Crippen LogP contribution is -2.64. The first kappa shape index (κ1) is 23.9. The Bertz CT molecular complexity index is 1090. The quantitative estimate of drug-likeness (QED) is 0.710. The Morgan fingerprint density at radius 1 is 1.09 bits per heavy atom. The fraction of sp³-hybridized carbons (Fsp3) is 0.423. The van der Waals surface area contributed by atoms with Crippen molar-refractivity contribution in [1.82, 2.24) is 15.1 Å². The minimum atomic E-state index is -0.661. The molecule has 3 amide bonds. The molecule has 0 aliphatic carbocycles. The Morgan fingerprint density at radius 2 is 1.82 bits per heavy atom. The standard InChI is InChI=1S/C26H31FN4O3/c1-17-9-10-21(27)13-23(17)28-24(34)14-30-12-11-22-25(20-7-5-4-6-8-20)31(19(3)33)16-26(22,15-30)29-18(2)32/h4-10,13,22,25H,11-12,14-16H2,1-3H3,(H,28,34)(H,29,32)/t22-,25-,26-/m1/s1. The van der Waals surface area contributed by atoms with Gasteiger partial charge in [-0.3, -0.25) is 19.3 Å². The van der Waals surface area contributed by atoms with E-state index in [0.717, 1.165) is 17.5 Å². The summed E-state index contributed by atoms with van der Waals surface area (Å²) < 4.78 is 13.6. The van der Waals surface area contributed by atoms with Crippen LogP contribution in [0.25, 0.3) is 0 Å². The molecule has 2 heterocycles. The lowest BCUT2D eigenvalue weighted by atomic mass is 9.75. The second kappa shape index (κ2) is 9.54. The minimum absolute atomic E-state index is 0.0208. The molecular formula is C26H31FN4O3. The Hall–Kier alpha value is -3.26. The molecule has 7 nitrogen and oxygen atoms in total. The number of likely N-dealkylation sites (tertiary alicyclic amines) is 2. The van der Waals surface area contributed by atoms with Crippen molar-refractivity contribution in [2.75, 3.05) is 31.5 Å². The number of carbonyl (C=O) groups excluding carboxylic acids is 3. The van der Waals surface area contributed by atoms with Gasteiger partial charge in [0.25, 0.3) is 0 Å². The van der Waals surface area contributed by atoms with E-state index in [1.165, 1.54) is 19.1 Å². The average Bonchev–Trinajstić information content (AvgIpc) is 3.10. The number of carbonyl (C=O) groups is 3. The molecule has 2 fully saturated rings. The van der Waals surface area contributed by atoms with Crippen LogP contribution in [-0.4, -0.2) is 59.2 Å². The zero-order chi connectivity index (χ0) is 24.5. The fourth-order valence-electron chi connectivity index (χ4n) is 5.59. The predicted molar refractivity (Wildman–Crippen MR) is 127 cm³/mol. The van der Waals surface area contributed by atoms with Gasteiger partial charge in [0.1, 0.15) is 5.82 Å². The summed E-state index contributed by atoms with van der Waals surface area (Å²) in [5.41, 5.74) is 1.61. The third-order valence-corrected chi connectivity index (χ3v) is 6.95. The van der Waals surface area contributed by atoms with Crippen LogP contribution in [0.1, 0.15) is 37.4 Å². The van der Waals surface area contributed by atoms with Crippen LogP contribution in [0, 0.1) is 18.7 Å². The van der Waals surface area contributed by atoms with Gasteiger partial charge in [0.05, 0.1) is 18.1 Å². The predicted octanol–water partition coefficient (Wildman–Crippen LogP) is 2.87. The summed E-state index contributed by atoms with van der Waals surface area (Å²) in [4.78, 5) is 41.5. The van der Waals surface area contributed by atoms with Gasteiger partial charge in [-0.15, -0.1) is 0 Å². The van der Waals surface area contributed by atoms with E-state index in [2.05, 4.69) is 10.6 Å². The summed E-state index contributed by atoms with van der Waals surface area (Å²) in [6.07, 6.45) is 0.718. The Balaban J connectivity index is 1.56. The summed E-state index contributed by atoms with van der Waals surface area (Å²) in [5, 5.41) is 5.96. The van der Waals surface area contributed by atoms with Crippen molar-refractivity contribution in [3.63, 3.8) is 0 Å². The van der Waals surface area contributed by atoms with E-state index in [-0.39, 0.29) is 36.2 Å². The first-order valence-corrected chi connectivity index (χ1v) is 11.6. The molecule has 2 N–H and O–H groups in total. The normalized spacial score (nSPS) is 24.4. The molecule has 3 atom stereocenters. The molecule has 2 aliphatic rings. The van der Waals surface area contributed by atoms with Crippen LogP contribution in [0.3, 0.4) is 0 Å². The van der Waals surface area contributed by atoms with Gasteiger partial charge >= 0.3 is 0 Å². The van der Waals surface area contributed by atoms with Gasteiger partial charge in [-0.25, -0.2) is 4.39 Å². The fourth-order valence-corrected chi connectivity index (χ4v) is 5.59. The highest BCUT2D eigenvalue weighted by Gasteiger charge is 2.56. The Morgan fingerprint density at radius 3 is 2.50 bits per heavy atom. The lowest BCUT2D eigenvalue weighted by molar-refractivity contribution is -0.130. The first-order valence-electron chi connectivity index (χ1n) is 11.6. The molecule has 0 radical (unpaired) electrons. The summed E-state index contributed by atoms with van der Waals surface area (Å²) in [6.45, 7) is 6.44. The maximum absolute atomic E-state index is 13.6. The molecule has 0 spiro atoms. The third-order valence-electron chi connectivity index (χ3n) is 6.95. The number of amides is 3. The lowest BCUT2D eigenvalue weighted by Gasteiger charge is -2.45. The third kappa shape index (κ3) is 4.82. The van der Waals surface area contributed by atoms with E-state index in [9.17, 15) is 18.8 Å². The van der Waals surface area contributed by atoms with Gasteiger partial charge in [0.15, 0.2) is 0 Å². The van der Waals surface area contributed by atoms with Crippen molar-refractivity contribution in [3.05, 3.63) is 65.5 Å². The number of halogens is 1. The molecule has 4 rings (SSSR count). The van der Waals surface area contributed by atoms with Gasteiger partial charge in [-0.2, -0.15) is 0 Å². The molecular weight excluding hydrogens is 435 g/mol. The van der Waals surface area contributed by atoms with E-state index in [4.69, 9.17) is 0 Å². The molecule has 0 unspecified atom stereocenters. The molecule has 0 aromatic heterocycles. The van der Waals surface area contributed by atoms with Gasteiger partial charge in [-0.05, 0) is 43.1 Å². The average molecular weight is 467 g/mol. The Labute approximate surface area is 199 Å². The van der Waals surface area contributed by atoms with E-state index >= 15 is 0 Å². The van der Waals surface area contributed by atoms with Crippen molar-refractivity contribution >= 4 is 23.4 Å². The number of nitrogens with zero attached hydrogens (tertiary/aromatic N) is 2. The van der Waals surface area contributed by atoms with Gasteiger partial charge in [0, 0.05) is 38.5 Å². The maximum Gasteiger partial charge on any atom is 0.238 e. The van der Waals surface area contributed by atoms with Crippen molar-refractivity contribution in [1.29, 1.82) is 0 Å². The summed E-state index contributed by atoms with van der Waals surface area (Å²) in [7, 11) is 0. The van der Waals surface area contributed by atoms with Crippen molar-refractivity contribution < 1.29 is 18.8 Å². The number of nitrogens with one attached hydrogen (secondary N) is 2. The van der Waals surface area contributed by atoms with Crippen molar-refractivity contribution in [2.45, 2.75) is 38.8 Å². The number of hydrogen-bond donors (Lipinski definition) is 2. The summed E-state index contributed by atoms with van der Waals surface area (Å²) in [6, 6.07) is 14.1. The highest BCUT2D eigenvalue weighted by atomic mass is 19.1. The Kier molecular flexibility index (Phi) is 6.70. The SMILES string of the molecule is CC(=O)N[C@@]12CN(CC(=O)Nc3cc(F)ccc3C)CC[C@@H]1[C@@H](c1ccccc1)N(C(C)=O)C2. The largest absolute Gasteiger partial charge is 0.347 e. The smallest absolute Gasteiger partial charge is 0.238 e. The molecule has 0 bridgehead atoms. The van der Waals surface area contributed by atoms with Crippen LogP contribution in [-0.2, 0) is 14.4 Å². The number of hydrogen-bond acceptors (Lipinski definition) is 4. The molecule has 0 saturated carbocycles. The first-order chi connectivity index (χ1) is 16.2. The van der Waals surface area contributed by atoms with Crippen LogP contribution in [0.15, 0.2) is 48.5 Å². The molecule has 2 aliphatic heterocycles. The van der Waals surface area contributed by atoms with E-state index in [0.29, 0.717) is 25.3 Å². The van der Waals surface area contributed by atoms with Crippen molar-refractivity contribution in [3.8, 4) is 0 Å². The minimum Gasteiger partial charge on any atom is -0.347 e. The number of aryl methyl sites for hydroxylation is 1. The second-order valence-corrected chi connectivity index (χ2v) is 9.45. The van der Waals surface area contributed by atoms with Crippen molar-refractivity contribution in [2.24, 2.45) is 5.92 Å². The molecule has 2 aromatic rings. The van der Waals surface area contributed by atoms with E-state index in [1.54, 1.807) is 13.0 Å². The van der Waals surface area contributed by atoms with E-state index in [1.807, 2.05) is 47.1 Å². The molecule has 2 saturated heterocycles. The van der Waals surface area contributed by atoms with Crippen LogP contribution in [0.5, 0.6) is 0 Å². The van der Waals surface area contributed by atoms with Crippen LogP contribution in [0.2, 0.25) is 0 Å². The number of benzene rings is 2. The topological polar surface area (TPSA) is 81.8 Å². The number of rotatable bonds is 5. The van der Waals surface area contributed by atoms with Crippen LogP contribution in [0.4, 0.5) is 10.1 Å². The number of anilines is 1. The highest BCUT2D eigenvalue weighted by molar-refractivity contribution is 5.93. The van der Waals surface area contributed by atoms with Gasteiger partial charge in [0.2, 0.25) is 17.7 Å².